The first-order chi connectivity index (χ1) is 9.70. The summed E-state index contributed by atoms with van der Waals surface area (Å²) in [5.41, 5.74) is 0.00918. The molecule has 1 atom stereocenters. The first kappa shape index (κ1) is 13.0. The first-order valence-corrected chi connectivity index (χ1v) is 7.55. The molecule has 0 aliphatic carbocycles. The Balaban J connectivity index is 1.42. The normalized spacial score (nSPS) is 35.4. The van der Waals surface area contributed by atoms with Crippen LogP contribution in [-0.4, -0.2) is 74.1 Å². The molecule has 1 N–H and O–H groups in total. The van der Waals surface area contributed by atoms with Crippen molar-refractivity contribution in [1.82, 2.24) is 10.2 Å². The van der Waals surface area contributed by atoms with Gasteiger partial charge >= 0.3 is 0 Å². The largest absolute Gasteiger partial charge is 0.377 e. The summed E-state index contributed by atoms with van der Waals surface area (Å²) >= 11 is 0. The molecular formula is C14H22N2O4. The van der Waals surface area contributed by atoms with Crippen molar-refractivity contribution in [3.8, 4) is 0 Å². The van der Waals surface area contributed by atoms with Crippen molar-refractivity contribution in [2.45, 2.75) is 36.5 Å². The molecule has 1 amide bonds. The van der Waals surface area contributed by atoms with E-state index in [0.717, 1.165) is 39.1 Å². The van der Waals surface area contributed by atoms with Gasteiger partial charge in [-0.05, 0) is 12.8 Å². The molecule has 4 saturated heterocycles. The molecule has 0 bridgehead atoms. The number of nitrogens with one attached hydrogen (secondary N) is 1. The predicted molar refractivity (Wildman–Crippen MR) is 70.4 cm³/mol. The summed E-state index contributed by atoms with van der Waals surface area (Å²) in [5, 5.41) is 3.01. The van der Waals surface area contributed by atoms with Gasteiger partial charge in [-0.3, -0.25) is 9.69 Å². The Kier molecular flexibility index (Phi) is 3.03. The van der Waals surface area contributed by atoms with Gasteiger partial charge in [-0.25, -0.2) is 0 Å². The van der Waals surface area contributed by atoms with E-state index in [9.17, 15) is 4.79 Å². The maximum absolute atomic E-state index is 11.6. The van der Waals surface area contributed by atoms with Crippen molar-refractivity contribution in [1.29, 1.82) is 0 Å². The van der Waals surface area contributed by atoms with Gasteiger partial charge in [0.15, 0.2) is 0 Å². The minimum Gasteiger partial charge on any atom is -0.377 e. The molecule has 20 heavy (non-hydrogen) atoms. The average Bonchev–Trinajstić information content (AvgIpc) is 2.70. The minimum atomic E-state index is 0.00138. The number of rotatable bonds is 2. The van der Waals surface area contributed by atoms with Crippen LogP contribution in [0.25, 0.3) is 0 Å². The summed E-state index contributed by atoms with van der Waals surface area (Å²) in [5.74, 6) is 0.148. The van der Waals surface area contributed by atoms with E-state index >= 15 is 0 Å². The van der Waals surface area contributed by atoms with Crippen molar-refractivity contribution in [2.24, 2.45) is 0 Å². The number of hydrogen-bond acceptors (Lipinski definition) is 5. The van der Waals surface area contributed by atoms with Gasteiger partial charge in [-0.15, -0.1) is 0 Å². The molecule has 0 saturated carbocycles. The Bertz CT molecular complexity index is 406. The third-order valence-corrected chi connectivity index (χ3v) is 5.13. The first-order valence-electron chi connectivity index (χ1n) is 7.55. The van der Waals surface area contributed by atoms with E-state index in [1.165, 1.54) is 0 Å². The number of carbonyl (C=O) groups is 1. The van der Waals surface area contributed by atoms with Gasteiger partial charge in [-0.1, -0.05) is 0 Å². The van der Waals surface area contributed by atoms with E-state index < -0.39 is 0 Å². The summed E-state index contributed by atoms with van der Waals surface area (Å²) in [6, 6.07) is 0. The van der Waals surface area contributed by atoms with Gasteiger partial charge < -0.3 is 19.5 Å². The highest BCUT2D eigenvalue weighted by Crippen LogP contribution is 2.37. The van der Waals surface area contributed by atoms with E-state index in [0.29, 0.717) is 26.2 Å². The molecule has 4 heterocycles. The van der Waals surface area contributed by atoms with Gasteiger partial charge in [0, 0.05) is 26.1 Å². The van der Waals surface area contributed by atoms with E-state index in [1.54, 1.807) is 0 Å². The van der Waals surface area contributed by atoms with Crippen LogP contribution in [0.15, 0.2) is 0 Å². The lowest BCUT2D eigenvalue weighted by Gasteiger charge is -2.49. The van der Waals surface area contributed by atoms with Gasteiger partial charge in [-0.2, -0.15) is 0 Å². The molecule has 0 aromatic carbocycles. The molecule has 2 spiro atoms. The predicted octanol–water partition coefficient (Wildman–Crippen LogP) is -0.475. The number of ether oxygens (including phenoxy) is 3. The third-order valence-electron chi connectivity index (χ3n) is 5.13. The fourth-order valence-corrected chi connectivity index (χ4v) is 3.66. The van der Waals surface area contributed by atoms with Crippen molar-refractivity contribution in [3.05, 3.63) is 0 Å². The summed E-state index contributed by atoms with van der Waals surface area (Å²) < 4.78 is 16.9. The Hall–Kier alpha value is -0.690. The second-order valence-electron chi connectivity index (χ2n) is 6.64. The summed E-state index contributed by atoms with van der Waals surface area (Å²) in [6.07, 6.45) is 3.04. The van der Waals surface area contributed by atoms with E-state index in [4.69, 9.17) is 14.2 Å². The second-order valence-corrected chi connectivity index (χ2v) is 6.64. The number of nitrogens with zero attached hydrogens (tertiary/aromatic N) is 1. The second kappa shape index (κ2) is 4.66. The third kappa shape index (κ3) is 2.06. The fraction of sp³-hybridized carbons (Fsp3) is 0.929. The molecule has 1 unspecified atom stereocenters. The Morgan fingerprint density at radius 3 is 2.65 bits per heavy atom. The molecule has 4 fully saturated rings. The highest BCUT2D eigenvalue weighted by atomic mass is 16.6. The summed E-state index contributed by atoms with van der Waals surface area (Å²) in [7, 11) is 0. The minimum absolute atomic E-state index is 0.00138. The van der Waals surface area contributed by atoms with Crippen molar-refractivity contribution in [2.75, 3.05) is 46.1 Å². The SMILES string of the molecule is O=C1CCN(CC2CCC3(COC3)O2)C2(CN1)COC2. The molecule has 4 aliphatic rings. The van der Waals surface area contributed by atoms with Gasteiger partial charge in [0.05, 0.1) is 38.1 Å². The van der Waals surface area contributed by atoms with E-state index in [-0.39, 0.29) is 23.2 Å². The Morgan fingerprint density at radius 1 is 1.25 bits per heavy atom. The maximum atomic E-state index is 11.6. The van der Waals surface area contributed by atoms with Crippen LogP contribution in [0.2, 0.25) is 0 Å². The molecule has 4 rings (SSSR count). The maximum Gasteiger partial charge on any atom is 0.221 e. The lowest BCUT2D eigenvalue weighted by atomic mass is 9.94. The molecule has 0 aromatic heterocycles. The van der Waals surface area contributed by atoms with Crippen LogP contribution in [0.5, 0.6) is 0 Å². The Labute approximate surface area is 118 Å². The highest BCUT2D eigenvalue weighted by molar-refractivity contribution is 5.76. The smallest absolute Gasteiger partial charge is 0.221 e. The van der Waals surface area contributed by atoms with Crippen LogP contribution in [-0.2, 0) is 19.0 Å². The zero-order valence-electron chi connectivity index (χ0n) is 11.7. The molecule has 0 aromatic rings. The van der Waals surface area contributed by atoms with Crippen LogP contribution in [0.4, 0.5) is 0 Å². The molecule has 6 heteroatoms. The number of carbonyl (C=O) groups excluding carboxylic acids is 1. The lowest BCUT2D eigenvalue weighted by molar-refractivity contribution is -0.208. The van der Waals surface area contributed by atoms with E-state index in [2.05, 4.69) is 10.2 Å². The lowest BCUT2D eigenvalue weighted by Crippen LogP contribution is -2.67. The van der Waals surface area contributed by atoms with Gasteiger partial charge in [0.1, 0.15) is 5.60 Å². The monoisotopic (exact) mass is 282 g/mol. The Morgan fingerprint density at radius 2 is 2.05 bits per heavy atom. The highest BCUT2D eigenvalue weighted by Gasteiger charge is 2.50. The van der Waals surface area contributed by atoms with Crippen LogP contribution in [0.1, 0.15) is 19.3 Å². The van der Waals surface area contributed by atoms with E-state index in [1.807, 2.05) is 0 Å². The summed E-state index contributed by atoms with van der Waals surface area (Å²) in [4.78, 5) is 14.0. The van der Waals surface area contributed by atoms with Crippen molar-refractivity contribution < 1.29 is 19.0 Å². The number of hydrogen-bond donors (Lipinski definition) is 1. The van der Waals surface area contributed by atoms with Crippen LogP contribution >= 0.6 is 0 Å². The van der Waals surface area contributed by atoms with Crippen LogP contribution in [0.3, 0.4) is 0 Å². The molecule has 4 aliphatic heterocycles. The molecule has 112 valence electrons. The summed E-state index contributed by atoms with van der Waals surface area (Å²) in [6.45, 7) is 5.34. The average molecular weight is 282 g/mol. The fourth-order valence-electron chi connectivity index (χ4n) is 3.66. The quantitative estimate of drug-likeness (QED) is 0.742. The molecule has 6 nitrogen and oxygen atoms in total. The zero-order chi connectivity index (χ0) is 13.6. The van der Waals surface area contributed by atoms with Gasteiger partial charge in [0.2, 0.25) is 5.91 Å². The number of amides is 1. The van der Waals surface area contributed by atoms with Crippen molar-refractivity contribution >= 4 is 5.91 Å². The van der Waals surface area contributed by atoms with Crippen LogP contribution in [0, 0.1) is 0 Å². The standard InChI is InChI=1S/C14H22N2O4/c17-12-2-4-16(13(6-15-12)7-18-8-13)5-11-1-3-14(20-11)9-19-10-14/h11H,1-10H2,(H,15,17). The van der Waals surface area contributed by atoms with Crippen LogP contribution < -0.4 is 5.32 Å². The molecule has 0 radical (unpaired) electrons. The topological polar surface area (TPSA) is 60.0 Å². The van der Waals surface area contributed by atoms with Gasteiger partial charge in [0.25, 0.3) is 0 Å². The zero-order valence-corrected chi connectivity index (χ0v) is 11.7. The van der Waals surface area contributed by atoms with Crippen molar-refractivity contribution in [3.63, 3.8) is 0 Å². The molecular weight excluding hydrogens is 260 g/mol.